The van der Waals surface area contributed by atoms with E-state index in [0.717, 1.165) is 12.1 Å². The number of carbonyl (C=O) groups excluding carboxylic acids is 1. The molecular weight excluding hydrogens is 182 g/mol. The maximum Gasteiger partial charge on any atom is 0.157 e. The van der Waals surface area contributed by atoms with Gasteiger partial charge in [-0.2, -0.15) is 11.8 Å². The monoisotopic (exact) mass is 197 g/mol. The Balaban J connectivity index is 1.83. The van der Waals surface area contributed by atoms with E-state index in [-0.39, 0.29) is 5.78 Å². The fourth-order valence-electron chi connectivity index (χ4n) is 1.83. The van der Waals surface area contributed by atoms with Gasteiger partial charge in [0.25, 0.3) is 0 Å². The summed E-state index contributed by atoms with van der Waals surface area (Å²) in [5.41, 5.74) is 1.16. The maximum absolute atomic E-state index is 11.0. The van der Waals surface area contributed by atoms with Gasteiger partial charge < -0.3 is 5.32 Å². The van der Waals surface area contributed by atoms with E-state index in [1.165, 1.54) is 24.3 Å². The summed E-state index contributed by atoms with van der Waals surface area (Å²) in [5.74, 6) is 2.78. The molecule has 0 radical (unpaired) electrons. The van der Waals surface area contributed by atoms with E-state index < -0.39 is 0 Å². The lowest BCUT2D eigenvalue weighted by Gasteiger charge is -2.23. The Morgan fingerprint density at radius 3 is 3.00 bits per heavy atom. The van der Waals surface area contributed by atoms with E-state index in [1.807, 2.05) is 11.8 Å². The number of hydrogen-bond donors (Lipinski definition) is 1. The lowest BCUT2D eigenvalue weighted by atomic mass is 10.2. The van der Waals surface area contributed by atoms with Gasteiger partial charge in [-0.25, -0.2) is 0 Å². The van der Waals surface area contributed by atoms with Crippen molar-refractivity contribution in [1.29, 1.82) is 0 Å². The molecule has 2 nitrogen and oxygen atoms in total. The number of thioether (sulfide) groups is 1. The molecule has 1 saturated heterocycles. The summed E-state index contributed by atoms with van der Waals surface area (Å²) in [5, 5.41) is 3.47. The molecule has 1 heterocycles. The molecule has 13 heavy (non-hydrogen) atoms. The van der Waals surface area contributed by atoms with Crippen LogP contribution in [0, 0.1) is 0 Å². The van der Waals surface area contributed by atoms with Crippen LogP contribution in [-0.4, -0.2) is 23.3 Å². The van der Waals surface area contributed by atoms with Crippen molar-refractivity contribution in [3.05, 3.63) is 11.8 Å². The topological polar surface area (TPSA) is 29.1 Å². The Kier molecular flexibility index (Phi) is 2.94. The Morgan fingerprint density at radius 1 is 1.46 bits per heavy atom. The molecule has 0 aromatic carbocycles. The highest BCUT2D eigenvalue weighted by atomic mass is 32.2. The van der Waals surface area contributed by atoms with Gasteiger partial charge in [0.1, 0.15) is 0 Å². The smallest absolute Gasteiger partial charge is 0.157 e. The van der Waals surface area contributed by atoms with Crippen LogP contribution in [0.5, 0.6) is 0 Å². The van der Waals surface area contributed by atoms with Crippen molar-refractivity contribution in [3.63, 3.8) is 0 Å². The van der Waals surface area contributed by atoms with Gasteiger partial charge in [0.15, 0.2) is 5.78 Å². The van der Waals surface area contributed by atoms with E-state index in [1.54, 1.807) is 6.08 Å². The fourth-order valence-corrected chi connectivity index (χ4v) is 2.90. The SMILES string of the molecule is O=C1C=C(NC2CCCSC2)CC1. The molecule has 0 bridgehead atoms. The maximum atomic E-state index is 11.0. The van der Waals surface area contributed by atoms with Gasteiger partial charge in [-0.3, -0.25) is 4.79 Å². The summed E-state index contributed by atoms with van der Waals surface area (Å²) in [6.07, 6.45) is 5.99. The molecule has 2 rings (SSSR count). The summed E-state index contributed by atoms with van der Waals surface area (Å²) >= 11 is 2.01. The minimum Gasteiger partial charge on any atom is -0.385 e. The van der Waals surface area contributed by atoms with Crippen LogP contribution >= 0.6 is 11.8 Å². The molecule has 1 fully saturated rings. The lowest BCUT2D eigenvalue weighted by molar-refractivity contribution is -0.114. The normalized spacial score (nSPS) is 28.8. The molecule has 0 aromatic heterocycles. The summed E-state index contributed by atoms with van der Waals surface area (Å²) in [4.78, 5) is 11.0. The number of allylic oxidation sites excluding steroid dienone is 2. The summed E-state index contributed by atoms with van der Waals surface area (Å²) in [6, 6.07) is 0.607. The minimum atomic E-state index is 0.283. The van der Waals surface area contributed by atoms with Crippen LogP contribution in [-0.2, 0) is 4.79 Å². The van der Waals surface area contributed by atoms with Crippen LogP contribution < -0.4 is 5.32 Å². The molecule has 0 amide bonds. The molecule has 1 atom stereocenters. The highest BCUT2D eigenvalue weighted by molar-refractivity contribution is 7.99. The average Bonchev–Trinajstić information content (AvgIpc) is 2.53. The predicted molar refractivity (Wildman–Crippen MR) is 55.8 cm³/mol. The zero-order valence-electron chi connectivity index (χ0n) is 7.71. The fraction of sp³-hybridized carbons (Fsp3) is 0.700. The van der Waals surface area contributed by atoms with Crippen molar-refractivity contribution in [2.45, 2.75) is 31.7 Å². The predicted octanol–water partition coefficient (Wildman–Crippen LogP) is 1.72. The molecule has 0 saturated carbocycles. The first-order valence-corrected chi connectivity index (χ1v) is 6.08. The standard InChI is InChI=1S/C10H15NOS/c12-10-4-3-8(6-10)11-9-2-1-5-13-7-9/h6,9,11H,1-5,7H2. The molecule has 0 aromatic rings. The third-order valence-electron chi connectivity index (χ3n) is 2.53. The van der Waals surface area contributed by atoms with Crippen LogP contribution in [0.2, 0.25) is 0 Å². The highest BCUT2D eigenvalue weighted by Crippen LogP contribution is 2.20. The molecule has 72 valence electrons. The van der Waals surface area contributed by atoms with E-state index in [2.05, 4.69) is 5.32 Å². The number of carbonyl (C=O) groups is 1. The van der Waals surface area contributed by atoms with Crippen LogP contribution in [0.1, 0.15) is 25.7 Å². The van der Waals surface area contributed by atoms with Gasteiger partial charge in [0.05, 0.1) is 0 Å². The Hall–Kier alpha value is -0.440. The first-order chi connectivity index (χ1) is 6.34. The van der Waals surface area contributed by atoms with Crippen LogP contribution in [0.3, 0.4) is 0 Å². The molecule has 1 aliphatic carbocycles. The van der Waals surface area contributed by atoms with Crippen molar-refractivity contribution >= 4 is 17.5 Å². The Bertz CT molecular complexity index is 231. The largest absolute Gasteiger partial charge is 0.385 e. The van der Waals surface area contributed by atoms with Crippen molar-refractivity contribution in [3.8, 4) is 0 Å². The minimum absolute atomic E-state index is 0.283. The van der Waals surface area contributed by atoms with Crippen molar-refractivity contribution < 1.29 is 4.79 Å². The molecule has 1 aliphatic heterocycles. The number of rotatable bonds is 2. The lowest BCUT2D eigenvalue weighted by Crippen LogP contribution is -2.32. The van der Waals surface area contributed by atoms with Crippen molar-refractivity contribution in [2.24, 2.45) is 0 Å². The van der Waals surface area contributed by atoms with Crippen LogP contribution in [0.4, 0.5) is 0 Å². The zero-order valence-corrected chi connectivity index (χ0v) is 8.53. The van der Waals surface area contributed by atoms with E-state index >= 15 is 0 Å². The summed E-state index contributed by atoms with van der Waals surface area (Å²) in [7, 11) is 0. The third-order valence-corrected chi connectivity index (χ3v) is 3.74. The molecular formula is C10H15NOS. The quantitative estimate of drug-likeness (QED) is 0.731. The number of hydrogen-bond acceptors (Lipinski definition) is 3. The zero-order chi connectivity index (χ0) is 9.10. The van der Waals surface area contributed by atoms with Gasteiger partial charge in [-0.05, 0) is 25.0 Å². The first kappa shape index (κ1) is 9.13. The van der Waals surface area contributed by atoms with Gasteiger partial charge in [0, 0.05) is 30.0 Å². The van der Waals surface area contributed by atoms with Crippen LogP contribution in [0.15, 0.2) is 11.8 Å². The van der Waals surface area contributed by atoms with Gasteiger partial charge in [-0.1, -0.05) is 0 Å². The Labute approximate surface area is 83.2 Å². The van der Waals surface area contributed by atoms with E-state index in [9.17, 15) is 4.79 Å². The van der Waals surface area contributed by atoms with Gasteiger partial charge in [-0.15, -0.1) is 0 Å². The van der Waals surface area contributed by atoms with Crippen LogP contribution in [0.25, 0.3) is 0 Å². The summed E-state index contributed by atoms with van der Waals surface area (Å²) < 4.78 is 0. The number of nitrogens with one attached hydrogen (secondary N) is 1. The van der Waals surface area contributed by atoms with Gasteiger partial charge in [0.2, 0.25) is 0 Å². The van der Waals surface area contributed by atoms with E-state index in [0.29, 0.717) is 12.5 Å². The summed E-state index contributed by atoms with van der Waals surface area (Å²) in [6.45, 7) is 0. The highest BCUT2D eigenvalue weighted by Gasteiger charge is 2.17. The number of ketones is 1. The van der Waals surface area contributed by atoms with Crippen molar-refractivity contribution in [1.82, 2.24) is 5.32 Å². The second-order valence-electron chi connectivity index (χ2n) is 3.69. The third kappa shape index (κ3) is 2.50. The van der Waals surface area contributed by atoms with Crippen molar-refractivity contribution in [2.75, 3.05) is 11.5 Å². The Morgan fingerprint density at radius 2 is 2.38 bits per heavy atom. The molecule has 1 N–H and O–H groups in total. The first-order valence-electron chi connectivity index (χ1n) is 4.92. The molecule has 2 aliphatic rings. The molecule has 3 heteroatoms. The second-order valence-corrected chi connectivity index (χ2v) is 4.84. The van der Waals surface area contributed by atoms with Gasteiger partial charge >= 0.3 is 0 Å². The van der Waals surface area contributed by atoms with E-state index in [4.69, 9.17) is 0 Å². The molecule has 1 unspecified atom stereocenters. The average molecular weight is 197 g/mol. The second kappa shape index (κ2) is 4.18. The molecule has 0 spiro atoms.